The topological polar surface area (TPSA) is 47.6 Å². The van der Waals surface area contributed by atoms with Crippen molar-refractivity contribution in [1.29, 1.82) is 0 Å². The van der Waals surface area contributed by atoms with Crippen molar-refractivity contribution in [3.63, 3.8) is 0 Å². The molecule has 1 atom stereocenters. The summed E-state index contributed by atoms with van der Waals surface area (Å²) in [7, 11) is 0. The molecule has 1 amide bonds. The van der Waals surface area contributed by atoms with Crippen LogP contribution >= 0.6 is 0 Å². The first-order chi connectivity index (χ1) is 8.16. The lowest BCUT2D eigenvalue weighted by atomic mass is 10.1. The standard InChI is InChI=1S/C13H17NO3/c1-9(2)17-12-6-4-3-5-10(12)11-7-16-8-13(15)14-11/h3-6,9,11H,7-8H2,1-2H3,(H,14,15). The van der Waals surface area contributed by atoms with Crippen LogP contribution in [0.25, 0.3) is 0 Å². The van der Waals surface area contributed by atoms with E-state index in [9.17, 15) is 4.79 Å². The highest BCUT2D eigenvalue weighted by Gasteiger charge is 2.23. The Morgan fingerprint density at radius 2 is 2.18 bits per heavy atom. The summed E-state index contributed by atoms with van der Waals surface area (Å²) in [5.41, 5.74) is 0.967. The Kier molecular flexibility index (Phi) is 3.64. The SMILES string of the molecule is CC(C)Oc1ccccc1C1COCC(=O)N1. The number of carbonyl (C=O) groups excluding carboxylic acids is 1. The first-order valence-electron chi connectivity index (χ1n) is 5.79. The first-order valence-corrected chi connectivity index (χ1v) is 5.79. The number of hydrogen-bond donors (Lipinski definition) is 1. The summed E-state index contributed by atoms with van der Waals surface area (Å²) in [6.45, 7) is 4.59. The third-order valence-electron chi connectivity index (χ3n) is 2.51. The van der Waals surface area contributed by atoms with E-state index in [2.05, 4.69) is 5.32 Å². The van der Waals surface area contributed by atoms with Gasteiger partial charge >= 0.3 is 0 Å². The molecule has 17 heavy (non-hydrogen) atoms. The zero-order valence-electron chi connectivity index (χ0n) is 10.1. The highest BCUT2D eigenvalue weighted by molar-refractivity contribution is 5.78. The van der Waals surface area contributed by atoms with Gasteiger partial charge in [0.25, 0.3) is 0 Å². The summed E-state index contributed by atoms with van der Waals surface area (Å²) in [5, 5.41) is 2.90. The van der Waals surface area contributed by atoms with Gasteiger partial charge in [-0.1, -0.05) is 18.2 Å². The van der Waals surface area contributed by atoms with Crippen LogP contribution < -0.4 is 10.1 Å². The van der Waals surface area contributed by atoms with E-state index in [0.29, 0.717) is 6.61 Å². The van der Waals surface area contributed by atoms with E-state index in [0.717, 1.165) is 11.3 Å². The highest BCUT2D eigenvalue weighted by atomic mass is 16.5. The van der Waals surface area contributed by atoms with Gasteiger partial charge in [-0.15, -0.1) is 0 Å². The van der Waals surface area contributed by atoms with Crippen molar-refractivity contribution in [2.75, 3.05) is 13.2 Å². The molecule has 1 aliphatic rings. The molecule has 1 aliphatic heterocycles. The van der Waals surface area contributed by atoms with E-state index < -0.39 is 0 Å². The number of amides is 1. The molecule has 0 aliphatic carbocycles. The minimum absolute atomic E-state index is 0.0828. The van der Waals surface area contributed by atoms with Crippen molar-refractivity contribution in [2.24, 2.45) is 0 Å². The van der Waals surface area contributed by atoms with E-state index in [1.807, 2.05) is 38.1 Å². The van der Waals surface area contributed by atoms with Gasteiger partial charge in [-0.25, -0.2) is 0 Å². The number of rotatable bonds is 3. The van der Waals surface area contributed by atoms with Gasteiger partial charge in [-0.05, 0) is 19.9 Å². The fourth-order valence-corrected chi connectivity index (χ4v) is 1.84. The minimum atomic E-state index is -0.119. The molecule has 2 rings (SSSR count). The summed E-state index contributed by atoms with van der Waals surface area (Å²) >= 11 is 0. The lowest BCUT2D eigenvalue weighted by Crippen LogP contribution is -2.39. The van der Waals surface area contributed by atoms with Crippen molar-refractivity contribution < 1.29 is 14.3 Å². The van der Waals surface area contributed by atoms with Crippen LogP contribution in [0.3, 0.4) is 0 Å². The zero-order chi connectivity index (χ0) is 12.3. The molecule has 1 aromatic rings. The molecule has 0 radical (unpaired) electrons. The fourth-order valence-electron chi connectivity index (χ4n) is 1.84. The van der Waals surface area contributed by atoms with Gasteiger partial charge in [-0.3, -0.25) is 4.79 Å². The Bertz CT molecular complexity index is 403. The average Bonchev–Trinajstić information content (AvgIpc) is 2.29. The molecule has 1 N–H and O–H groups in total. The number of morpholine rings is 1. The molecule has 1 heterocycles. The normalized spacial score (nSPS) is 20.2. The van der Waals surface area contributed by atoms with Crippen LogP contribution in [0.2, 0.25) is 0 Å². The monoisotopic (exact) mass is 235 g/mol. The molecule has 0 bridgehead atoms. The number of nitrogens with one attached hydrogen (secondary N) is 1. The van der Waals surface area contributed by atoms with E-state index in [-0.39, 0.29) is 24.7 Å². The van der Waals surface area contributed by atoms with Gasteiger partial charge in [-0.2, -0.15) is 0 Å². The quantitative estimate of drug-likeness (QED) is 0.866. The van der Waals surface area contributed by atoms with E-state index in [1.165, 1.54) is 0 Å². The summed E-state index contributed by atoms with van der Waals surface area (Å²) in [6, 6.07) is 7.61. The van der Waals surface area contributed by atoms with Crippen molar-refractivity contribution in [1.82, 2.24) is 5.32 Å². The number of benzene rings is 1. The second kappa shape index (κ2) is 5.19. The van der Waals surface area contributed by atoms with Gasteiger partial charge in [0.05, 0.1) is 18.8 Å². The second-order valence-electron chi connectivity index (χ2n) is 4.34. The van der Waals surface area contributed by atoms with Crippen molar-refractivity contribution in [2.45, 2.75) is 26.0 Å². The predicted octanol–water partition coefficient (Wildman–Crippen LogP) is 1.66. The number of hydrogen-bond acceptors (Lipinski definition) is 3. The number of para-hydroxylation sites is 1. The number of ether oxygens (including phenoxy) is 2. The Labute approximate surface area is 101 Å². The molecule has 4 nitrogen and oxygen atoms in total. The predicted molar refractivity (Wildman–Crippen MR) is 63.9 cm³/mol. The van der Waals surface area contributed by atoms with Gasteiger partial charge < -0.3 is 14.8 Å². The summed E-state index contributed by atoms with van der Waals surface area (Å²) < 4.78 is 11.0. The summed E-state index contributed by atoms with van der Waals surface area (Å²) in [5.74, 6) is 0.721. The summed E-state index contributed by atoms with van der Waals surface area (Å²) in [4.78, 5) is 11.3. The van der Waals surface area contributed by atoms with Gasteiger partial charge in [0.15, 0.2) is 0 Å². The molecule has 1 fully saturated rings. The maximum atomic E-state index is 11.3. The van der Waals surface area contributed by atoms with Crippen molar-refractivity contribution in [3.8, 4) is 5.75 Å². The Morgan fingerprint density at radius 1 is 1.41 bits per heavy atom. The molecule has 0 spiro atoms. The van der Waals surface area contributed by atoms with Crippen LogP contribution in [0.5, 0.6) is 5.75 Å². The van der Waals surface area contributed by atoms with Crippen molar-refractivity contribution in [3.05, 3.63) is 29.8 Å². The van der Waals surface area contributed by atoms with Crippen LogP contribution in [0.1, 0.15) is 25.5 Å². The number of carbonyl (C=O) groups is 1. The van der Waals surface area contributed by atoms with Crippen molar-refractivity contribution >= 4 is 5.91 Å². The molecule has 0 saturated carbocycles. The third-order valence-corrected chi connectivity index (χ3v) is 2.51. The van der Waals surface area contributed by atoms with Crippen LogP contribution in [0, 0.1) is 0 Å². The molecule has 0 aromatic heterocycles. The maximum Gasteiger partial charge on any atom is 0.246 e. The van der Waals surface area contributed by atoms with Crippen LogP contribution in [0.15, 0.2) is 24.3 Å². The minimum Gasteiger partial charge on any atom is -0.491 e. The molecular formula is C13H17NO3. The van der Waals surface area contributed by atoms with Crippen LogP contribution in [-0.4, -0.2) is 25.2 Å². The Morgan fingerprint density at radius 3 is 2.88 bits per heavy atom. The lowest BCUT2D eigenvalue weighted by molar-refractivity contribution is -0.131. The second-order valence-corrected chi connectivity index (χ2v) is 4.34. The van der Waals surface area contributed by atoms with Crippen LogP contribution in [0.4, 0.5) is 0 Å². The Hall–Kier alpha value is -1.55. The smallest absolute Gasteiger partial charge is 0.246 e. The molecule has 1 aromatic carbocycles. The fraction of sp³-hybridized carbons (Fsp3) is 0.462. The first kappa shape index (κ1) is 11.9. The van der Waals surface area contributed by atoms with E-state index in [1.54, 1.807) is 0 Å². The largest absolute Gasteiger partial charge is 0.491 e. The molecule has 92 valence electrons. The molecule has 1 saturated heterocycles. The van der Waals surface area contributed by atoms with Gasteiger partial charge in [0.2, 0.25) is 5.91 Å². The maximum absolute atomic E-state index is 11.3. The average molecular weight is 235 g/mol. The zero-order valence-corrected chi connectivity index (χ0v) is 10.1. The summed E-state index contributed by atoms with van der Waals surface area (Å²) in [6.07, 6.45) is 0.108. The van der Waals surface area contributed by atoms with Gasteiger partial charge in [0.1, 0.15) is 12.4 Å². The van der Waals surface area contributed by atoms with Crippen LogP contribution in [-0.2, 0) is 9.53 Å². The molecule has 4 heteroatoms. The lowest BCUT2D eigenvalue weighted by Gasteiger charge is -2.26. The Balaban J connectivity index is 2.21. The molecule has 1 unspecified atom stereocenters. The van der Waals surface area contributed by atoms with E-state index >= 15 is 0 Å². The third kappa shape index (κ3) is 2.97. The van der Waals surface area contributed by atoms with E-state index in [4.69, 9.17) is 9.47 Å². The van der Waals surface area contributed by atoms with Gasteiger partial charge in [0, 0.05) is 5.56 Å². The highest BCUT2D eigenvalue weighted by Crippen LogP contribution is 2.27. The molecular weight excluding hydrogens is 218 g/mol.